The van der Waals surface area contributed by atoms with Gasteiger partial charge < -0.3 is 5.32 Å². The third-order valence-electron chi connectivity index (χ3n) is 3.21. The van der Waals surface area contributed by atoms with Crippen LogP contribution in [0.4, 0.5) is 0 Å². The van der Waals surface area contributed by atoms with Crippen LogP contribution in [0.15, 0.2) is 18.2 Å². The van der Waals surface area contributed by atoms with Crippen molar-refractivity contribution in [3.63, 3.8) is 0 Å². The van der Waals surface area contributed by atoms with Crippen molar-refractivity contribution in [3.8, 4) is 0 Å². The fourth-order valence-corrected chi connectivity index (χ4v) is 1.95. The van der Waals surface area contributed by atoms with E-state index in [1.54, 1.807) is 0 Å². The summed E-state index contributed by atoms with van der Waals surface area (Å²) in [7, 11) is 0. The molecule has 1 unspecified atom stereocenters. The zero-order valence-corrected chi connectivity index (χ0v) is 12.0. The molecule has 0 aliphatic heterocycles. The first kappa shape index (κ1) is 14.5. The fourth-order valence-electron chi connectivity index (χ4n) is 1.80. The average molecular weight is 254 g/mol. The predicted octanol–water partition coefficient (Wildman–Crippen LogP) is 4.05. The number of nitrogens with one attached hydrogen (secondary N) is 1. The lowest BCUT2D eigenvalue weighted by Crippen LogP contribution is -2.15. The molecule has 0 radical (unpaired) electrons. The Balaban J connectivity index is 2.20. The summed E-state index contributed by atoms with van der Waals surface area (Å²) >= 11 is 5.77. The molecule has 0 saturated heterocycles. The van der Waals surface area contributed by atoms with Crippen LogP contribution in [-0.2, 0) is 6.54 Å². The van der Waals surface area contributed by atoms with Gasteiger partial charge in [-0.1, -0.05) is 25.1 Å². The molecular weight excluding hydrogens is 230 g/mol. The Labute approximate surface area is 111 Å². The quantitative estimate of drug-likeness (QED) is 0.571. The molecule has 1 aromatic carbocycles. The highest BCUT2D eigenvalue weighted by atomic mass is 35.5. The minimum atomic E-state index is 0.639. The molecule has 0 heterocycles. The standard InChI is InChI=1S/C15H24ClN/c1-12(10-16)5-4-8-17-11-15-7-6-13(2)14(3)9-15/h6-7,9,12,17H,4-5,8,10-11H2,1-3H3. The molecule has 0 aliphatic carbocycles. The molecule has 1 nitrogen and oxygen atoms in total. The number of aryl methyl sites for hydroxylation is 2. The van der Waals surface area contributed by atoms with Crippen LogP contribution in [0.25, 0.3) is 0 Å². The topological polar surface area (TPSA) is 12.0 Å². The zero-order chi connectivity index (χ0) is 12.7. The van der Waals surface area contributed by atoms with Gasteiger partial charge in [-0.15, -0.1) is 11.6 Å². The molecule has 0 saturated carbocycles. The smallest absolute Gasteiger partial charge is 0.0249 e. The zero-order valence-electron chi connectivity index (χ0n) is 11.2. The van der Waals surface area contributed by atoms with E-state index in [9.17, 15) is 0 Å². The molecular formula is C15H24ClN. The lowest BCUT2D eigenvalue weighted by atomic mass is 10.1. The maximum Gasteiger partial charge on any atom is 0.0249 e. The van der Waals surface area contributed by atoms with Crippen molar-refractivity contribution in [1.82, 2.24) is 5.32 Å². The van der Waals surface area contributed by atoms with E-state index >= 15 is 0 Å². The van der Waals surface area contributed by atoms with Crippen molar-refractivity contribution in [3.05, 3.63) is 34.9 Å². The van der Waals surface area contributed by atoms with Gasteiger partial charge in [-0.05, 0) is 55.8 Å². The van der Waals surface area contributed by atoms with E-state index in [4.69, 9.17) is 11.6 Å². The van der Waals surface area contributed by atoms with Crippen LogP contribution in [0.1, 0.15) is 36.5 Å². The predicted molar refractivity (Wildman–Crippen MR) is 76.7 cm³/mol. The SMILES string of the molecule is Cc1ccc(CNCCCC(C)CCl)cc1C. The summed E-state index contributed by atoms with van der Waals surface area (Å²) < 4.78 is 0. The van der Waals surface area contributed by atoms with Gasteiger partial charge in [0.25, 0.3) is 0 Å². The van der Waals surface area contributed by atoms with Gasteiger partial charge in [-0.3, -0.25) is 0 Å². The maximum absolute atomic E-state index is 5.77. The Kier molecular flexibility index (Phi) is 6.61. The average Bonchev–Trinajstić information content (AvgIpc) is 2.33. The van der Waals surface area contributed by atoms with Gasteiger partial charge in [-0.25, -0.2) is 0 Å². The highest BCUT2D eigenvalue weighted by Crippen LogP contribution is 2.10. The number of hydrogen-bond acceptors (Lipinski definition) is 1. The number of rotatable bonds is 7. The van der Waals surface area contributed by atoms with Crippen molar-refractivity contribution >= 4 is 11.6 Å². The summed E-state index contributed by atoms with van der Waals surface area (Å²) in [6.07, 6.45) is 2.42. The molecule has 2 heteroatoms. The maximum atomic E-state index is 5.77. The van der Waals surface area contributed by atoms with Gasteiger partial charge in [0.2, 0.25) is 0 Å². The van der Waals surface area contributed by atoms with Crippen LogP contribution >= 0.6 is 11.6 Å². The monoisotopic (exact) mass is 253 g/mol. The third-order valence-corrected chi connectivity index (χ3v) is 3.74. The lowest BCUT2D eigenvalue weighted by molar-refractivity contribution is 0.531. The molecule has 96 valence electrons. The number of alkyl halides is 1. The first-order valence-corrected chi connectivity index (χ1v) is 6.99. The Morgan fingerprint density at radius 3 is 2.65 bits per heavy atom. The molecule has 1 rings (SSSR count). The summed E-state index contributed by atoms with van der Waals surface area (Å²) in [5.41, 5.74) is 4.11. The second kappa shape index (κ2) is 7.73. The first-order valence-electron chi connectivity index (χ1n) is 6.46. The van der Waals surface area contributed by atoms with E-state index in [1.807, 2.05) is 0 Å². The van der Waals surface area contributed by atoms with Crippen molar-refractivity contribution in [2.24, 2.45) is 5.92 Å². The van der Waals surface area contributed by atoms with E-state index in [0.29, 0.717) is 5.92 Å². The van der Waals surface area contributed by atoms with Gasteiger partial charge in [0.15, 0.2) is 0 Å². The van der Waals surface area contributed by atoms with Crippen LogP contribution in [-0.4, -0.2) is 12.4 Å². The normalized spacial score (nSPS) is 12.7. The van der Waals surface area contributed by atoms with Crippen molar-refractivity contribution in [2.45, 2.75) is 40.2 Å². The Morgan fingerprint density at radius 1 is 1.24 bits per heavy atom. The van der Waals surface area contributed by atoms with E-state index < -0.39 is 0 Å². The van der Waals surface area contributed by atoms with Crippen molar-refractivity contribution in [1.29, 1.82) is 0 Å². The second-order valence-electron chi connectivity index (χ2n) is 5.00. The van der Waals surface area contributed by atoms with Crippen LogP contribution in [0.2, 0.25) is 0 Å². The fraction of sp³-hybridized carbons (Fsp3) is 0.600. The largest absolute Gasteiger partial charge is 0.313 e. The summed E-state index contributed by atoms with van der Waals surface area (Å²) in [4.78, 5) is 0. The Hall–Kier alpha value is -0.530. The molecule has 0 bridgehead atoms. The Bertz CT molecular complexity index is 336. The summed E-state index contributed by atoms with van der Waals surface area (Å²) in [6.45, 7) is 8.57. The molecule has 0 amide bonds. The molecule has 0 spiro atoms. The summed E-state index contributed by atoms with van der Waals surface area (Å²) in [5, 5.41) is 3.48. The second-order valence-corrected chi connectivity index (χ2v) is 5.31. The van der Waals surface area contributed by atoms with Crippen molar-refractivity contribution < 1.29 is 0 Å². The molecule has 17 heavy (non-hydrogen) atoms. The molecule has 1 N–H and O–H groups in total. The molecule has 1 atom stereocenters. The molecule has 0 fully saturated rings. The first-order chi connectivity index (χ1) is 8.13. The summed E-state index contributed by atoms with van der Waals surface area (Å²) in [5.74, 6) is 1.41. The molecule has 0 aliphatic rings. The van der Waals surface area contributed by atoms with E-state index in [-0.39, 0.29) is 0 Å². The van der Waals surface area contributed by atoms with Crippen LogP contribution in [0, 0.1) is 19.8 Å². The molecule has 0 aromatic heterocycles. The highest BCUT2D eigenvalue weighted by Gasteiger charge is 1.99. The van der Waals surface area contributed by atoms with E-state index in [2.05, 4.69) is 44.3 Å². The van der Waals surface area contributed by atoms with E-state index in [1.165, 1.54) is 29.5 Å². The highest BCUT2D eigenvalue weighted by molar-refractivity contribution is 6.18. The number of halogens is 1. The van der Waals surface area contributed by atoms with E-state index in [0.717, 1.165) is 19.0 Å². The van der Waals surface area contributed by atoms with Gasteiger partial charge in [0.1, 0.15) is 0 Å². The van der Waals surface area contributed by atoms with Gasteiger partial charge in [0, 0.05) is 12.4 Å². The minimum Gasteiger partial charge on any atom is -0.313 e. The van der Waals surface area contributed by atoms with Crippen LogP contribution in [0.5, 0.6) is 0 Å². The van der Waals surface area contributed by atoms with Crippen LogP contribution < -0.4 is 5.32 Å². The Morgan fingerprint density at radius 2 is 2.00 bits per heavy atom. The lowest BCUT2D eigenvalue weighted by Gasteiger charge is -2.09. The summed E-state index contributed by atoms with van der Waals surface area (Å²) in [6, 6.07) is 6.67. The van der Waals surface area contributed by atoms with Gasteiger partial charge in [-0.2, -0.15) is 0 Å². The van der Waals surface area contributed by atoms with Crippen LogP contribution in [0.3, 0.4) is 0 Å². The third kappa shape index (κ3) is 5.56. The number of hydrogen-bond donors (Lipinski definition) is 1. The van der Waals surface area contributed by atoms with Crippen molar-refractivity contribution in [2.75, 3.05) is 12.4 Å². The minimum absolute atomic E-state index is 0.639. The number of benzene rings is 1. The van der Waals surface area contributed by atoms with Gasteiger partial charge >= 0.3 is 0 Å². The molecule has 1 aromatic rings. The van der Waals surface area contributed by atoms with Gasteiger partial charge in [0.05, 0.1) is 0 Å².